The smallest absolute Gasteiger partial charge is 0.280 e. The molecule has 0 fully saturated rings. The third-order valence-corrected chi connectivity index (χ3v) is 3.13. The number of hydrogen-bond donors (Lipinski definition) is 1. The zero-order chi connectivity index (χ0) is 11.7. The van der Waals surface area contributed by atoms with E-state index in [9.17, 15) is 4.79 Å². The Labute approximate surface area is 103 Å². The van der Waals surface area contributed by atoms with Crippen LogP contribution in [0.2, 0.25) is 0 Å². The van der Waals surface area contributed by atoms with Crippen LogP contribution in [0.25, 0.3) is 11.0 Å². The summed E-state index contributed by atoms with van der Waals surface area (Å²) in [5, 5.41) is 0. The van der Waals surface area contributed by atoms with Crippen LogP contribution in [-0.2, 0) is 0 Å². The fourth-order valence-electron chi connectivity index (χ4n) is 1.04. The quantitative estimate of drug-likeness (QED) is 0.671. The molecule has 0 bridgehead atoms. The second-order valence-corrected chi connectivity index (χ2v) is 5.34. The van der Waals surface area contributed by atoms with Gasteiger partial charge in [-0.1, -0.05) is 0 Å². The monoisotopic (exact) mass is 301 g/mol. The summed E-state index contributed by atoms with van der Waals surface area (Å²) in [4.78, 5) is 24.1. The van der Waals surface area contributed by atoms with E-state index in [1.807, 2.05) is 14.1 Å². The summed E-state index contributed by atoms with van der Waals surface area (Å²) < 4.78 is 4.71. The van der Waals surface area contributed by atoms with E-state index in [-0.39, 0.29) is 11.5 Å². The van der Waals surface area contributed by atoms with Crippen molar-refractivity contribution in [1.29, 1.82) is 0 Å². The Balaban J connectivity index is 2.57. The van der Waals surface area contributed by atoms with Gasteiger partial charge in [-0.25, -0.2) is 9.98 Å². The zero-order valence-electron chi connectivity index (χ0n) is 8.56. The summed E-state index contributed by atoms with van der Waals surface area (Å²) in [6, 6.07) is 0. The van der Waals surface area contributed by atoms with E-state index in [4.69, 9.17) is 0 Å². The van der Waals surface area contributed by atoms with Gasteiger partial charge in [0.25, 0.3) is 5.56 Å². The van der Waals surface area contributed by atoms with E-state index in [1.165, 1.54) is 11.5 Å². The van der Waals surface area contributed by atoms with Crippen molar-refractivity contribution in [3.05, 3.63) is 14.1 Å². The first-order valence-electron chi connectivity index (χ1n) is 4.34. The first-order valence-corrected chi connectivity index (χ1v) is 5.90. The van der Waals surface area contributed by atoms with Crippen LogP contribution in [0.4, 0.5) is 5.95 Å². The van der Waals surface area contributed by atoms with Crippen LogP contribution < -0.4 is 5.56 Å². The van der Waals surface area contributed by atoms with Crippen LogP contribution in [0.15, 0.2) is 13.6 Å². The maximum Gasteiger partial charge on any atom is 0.280 e. The van der Waals surface area contributed by atoms with Gasteiger partial charge in [0.05, 0.1) is 6.34 Å². The maximum atomic E-state index is 11.6. The van der Waals surface area contributed by atoms with Crippen LogP contribution in [0.3, 0.4) is 0 Å². The Morgan fingerprint density at radius 3 is 2.94 bits per heavy atom. The highest BCUT2D eigenvalue weighted by atomic mass is 79.9. The molecule has 0 aromatic carbocycles. The molecular formula is C8H8BrN5OS. The molecule has 0 amide bonds. The Hall–Kier alpha value is -1.28. The lowest BCUT2D eigenvalue weighted by Gasteiger charge is -2.01. The average molecular weight is 302 g/mol. The van der Waals surface area contributed by atoms with Gasteiger partial charge in [0.1, 0.15) is 9.30 Å². The number of aromatic nitrogens is 3. The van der Waals surface area contributed by atoms with Crippen LogP contribution >= 0.6 is 27.5 Å². The Bertz CT molecular complexity index is 602. The predicted molar refractivity (Wildman–Crippen MR) is 67.6 cm³/mol. The van der Waals surface area contributed by atoms with E-state index in [0.29, 0.717) is 11.0 Å². The largest absolute Gasteiger partial charge is 0.369 e. The number of H-pyrrole nitrogens is 1. The molecule has 0 saturated heterocycles. The van der Waals surface area contributed by atoms with Gasteiger partial charge in [0.2, 0.25) is 5.95 Å². The lowest BCUT2D eigenvalue weighted by atomic mass is 10.5. The lowest BCUT2D eigenvalue weighted by Crippen LogP contribution is -2.10. The van der Waals surface area contributed by atoms with Gasteiger partial charge in [-0.2, -0.15) is 4.37 Å². The summed E-state index contributed by atoms with van der Waals surface area (Å²) in [5.74, 6) is 0.270. The first kappa shape index (κ1) is 11.2. The molecule has 1 N–H and O–H groups in total. The molecule has 0 aliphatic carbocycles. The van der Waals surface area contributed by atoms with Crippen molar-refractivity contribution in [3.8, 4) is 0 Å². The SMILES string of the molecule is CN(C)/C=N/c1nc2c(Br)snc2c(=O)[nH]1. The second-order valence-electron chi connectivity index (χ2n) is 3.25. The molecule has 2 heterocycles. The minimum absolute atomic E-state index is 0.270. The molecule has 0 saturated carbocycles. The molecule has 6 nitrogen and oxygen atoms in total. The molecule has 0 unspecified atom stereocenters. The highest BCUT2D eigenvalue weighted by Crippen LogP contribution is 2.24. The van der Waals surface area contributed by atoms with Gasteiger partial charge < -0.3 is 4.90 Å². The summed E-state index contributed by atoms with van der Waals surface area (Å²) in [6.07, 6.45) is 1.57. The van der Waals surface area contributed by atoms with Crippen LogP contribution in [0, 0.1) is 0 Å². The Kier molecular flexibility index (Phi) is 3.01. The van der Waals surface area contributed by atoms with Crippen molar-refractivity contribution in [2.45, 2.75) is 0 Å². The molecule has 84 valence electrons. The summed E-state index contributed by atoms with van der Waals surface area (Å²) >= 11 is 4.48. The van der Waals surface area contributed by atoms with Gasteiger partial charge >= 0.3 is 0 Å². The minimum Gasteiger partial charge on any atom is -0.369 e. The van der Waals surface area contributed by atoms with Crippen molar-refractivity contribution in [2.75, 3.05) is 14.1 Å². The normalized spacial score (nSPS) is 11.4. The zero-order valence-corrected chi connectivity index (χ0v) is 11.0. The fourth-order valence-corrected chi connectivity index (χ4v) is 2.10. The van der Waals surface area contributed by atoms with Crippen molar-refractivity contribution in [3.63, 3.8) is 0 Å². The molecule has 0 spiro atoms. The summed E-state index contributed by atoms with van der Waals surface area (Å²) in [7, 11) is 3.67. The molecule has 16 heavy (non-hydrogen) atoms. The highest BCUT2D eigenvalue weighted by Gasteiger charge is 2.09. The van der Waals surface area contributed by atoms with E-state index in [1.54, 1.807) is 11.2 Å². The lowest BCUT2D eigenvalue weighted by molar-refractivity contribution is 0.642. The predicted octanol–water partition coefficient (Wildman–Crippen LogP) is 1.36. The van der Waals surface area contributed by atoms with E-state index >= 15 is 0 Å². The molecule has 2 aromatic heterocycles. The average Bonchev–Trinajstić information content (AvgIpc) is 2.58. The van der Waals surface area contributed by atoms with E-state index in [0.717, 1.165) is 3.79 Å². The molecule has 0 aliphatic rings. The number of hydrogen-bond acceptors (Lipinski definition) is 5. The summed E-state index contributed by atoms with van der Waals surface area (Å²) in [6.45, 7) is 0. The van der Waals surface area contributed by atoms with Crippen LogP contribution in [0.1, 0.15) is 0 Å². The van der Waals surface area contributed by atoms with Crippen molar-refractivity contribution >= 4 is 50.8 Å². The summed E-state index contributed by atoms with van der Waals surface area (Å²) in [5.41, 5.74) is 0.596. The van der Waals surface area contributed by atoms with E-state index in [2.05, 4.69) is 35.3 Å². The Morgan fingerprint density at radius 2 is 2.25 bits per heavy atom. The van der Waals surface area contributed by atoms with Gasteiger partial charge in [0.15, 0.2) is 5.52 Å². The third kappa shape index (κ3) is 2.12. The molecule has 2 aromatic rings. The molecule has 0 atom stereocenters. The number of aromatic amines is 1. The standard InChI is InChI=1S/C8H8BrN5OS/c1-14(2)3-10-8-11-4-5(7(15)12-8)13-16-6(4)9/h3H,1-2H3,(H,11,12,15)/b10-3+. The first-order chi connectivity index (χ1) is 7.58. The number of nitrogens with one attached hydrogen (secondary N) is 1. The van der Waals surface area contributed by atoms with Crippen LogP contribution in [0.5, 0.6) is 0 Å². The molecule has 0 aliphatic heterocycles. The molecule has 8 heteroatoms. The van der Waals surface area contributed by atoms with Crippen molar-refractivity contribution in [1.82, 2.24) is 19.2 Å². The number of nitrogens with zero attached hydrogens (tertiary/aromatic N) is 4. The topological polar surface area (TPSA) is 74.2 Å². The van der Waals surface area contributed by atoms with Crippen molar-refractivity contribution in [2.24, 2.45) is 4.99 Å². The molecular weight excluding hydrogens is 294 g/mol. The number of fused-ring (bicyclic) bond motifs is 1. The maximum absolute atomic E-state index is 11.6. The van der Waals surface area contributed by atoms with Gasteiger partial charge in [-0.3, -0.25) is 9.78 Å². The molecule has 0 radical (unpaired) electrons. The highest BCUT2D eigenvalue weighted by molar-refractivity contribution is 9.11. The Morgan fingerprint density at radius 1 is 1.50 bits per heavy atom. The van der Waals surface area contributed by atoms with E-state index < -0.39 is 0 Å². The van der Waals surface area contributed by atoms with Crippen molar-refractivity contribution < 1.29 is 0 Å². The van der Waals surface area contributed by atoms with Gasteiger partial charge in [-0.05, 0) is 27.5 Å². The van der Waals surface area contributed by atoms with Gasteiger partial charge in [0, 0.05) is 14.1 Å². The fraction of sp³-hybridized carbons (Fsp3) is 0.250. The minimum atomic E-state index is -0.280. The third-order valence-electron chi connectivity index (χ3n) is 1.70. The number of aliphatic imine (C=N–C) groups is 1. The van der Waals surface area contributed by atoms with Gasteiger partial charge in [-0.15, -0.1) is 0 Å². The number of rotatable bonds is 2. The van der Waals surface area contributed by atoms with Crippen LogP contribution in [-0.4, -0.2) is 39.7 Å². The second kappa shape index (κ2) is 4.30. The number of halogens is 1. The molecule has 2 rings (SSSR count).